The van der Waals surface area contributed by atoms with Crippen LogP contribution in [0.25, 0.3) is 0 Å². The van der Waals surface area contributed by atoms with Crippen molar-refractivity contribution in [1.29, 1.82) is 0 Å². The van der Waals surface area contributed by atoms with Crippen LogP contribution >= 0.6 is 37.0 Å². The van der Waals surface area contributed by atoms with Crippen LogP contribution in [0.4, 0.5) is 0 Å². The Balaban J connectivity index is 4.00. The Kier molecular flexibility index (Phi) is 28.5. The van der Waals surface area contributed by atoms with E-state index in [1.807, 2.05) is 6.92 Å². The molecule has 0 spiro atoms. The molecule has 0 radical (unpaired) electrons. The average Bonchev–Trinajstić information content (AvgIpc) is 3.03. The second-order valence-corrected chi connectivity index (χ2v) is 11.6. The molecule has 0 unspecified atom stereocenters. The maximum atomic E-state index is 12.3. The van der Waals surface area contributed by atoms with Crippen LogP contribution in [0.5, 0.6) is 0 Å². The van der Waals surface area contributed by atoms with E-state index in [1.165, 1.54) is 11.8 Å². The van der Waals surface area contributed by atoms with Gasteiger partial charge in [0.15, 0.2) is 0 Å². The number of hydrogen-bond donors (Lipinski definition) is 2. The number of thioether (sulfide) groups is 1. The number of hydrogen-bond acceptors (Lipinski definition) is 16. The van der Waals surface area contributed by atoms with Gasteiger partial charge in [-0.3, -0.25) is 24.0 Å². The highest BCUT2D eigenvalue weighted by molar-refractivity contribution is 7.99. The molecule has 45 heavy (non-hydrogen) atoms. The van der Waals surface area contributed by atoms with Crippen molar-refractivity contribution in [3.63, 3.8) is 0 Å². The standard InChI is InChI=1S/C29H50O13S3/c1-3-24(30)38-15-13-36-11-9-35-10-12-37-14-16-39-27(33)7-19-45-20-8-28(34)42-23-29(4-2,21-40-25(31)5-17-43)22-41-26(32)6-18-44/h43-44H,3-23H2,1-2H3. The third-order valence-corrected chi connectivity index (χ3v) is 7.35. The number of carbonyl (C=O) groups is 5. The molecule has 0 fully saturated rings. The van der Waals surface area contributed by atoms with Crippen LogP contribution < -0.4 is 0 Å². The van der Waals surface area contributed by atoms with Gasteiger partial charge in [-0.15, -0.1) is 0 Å². The quantitative estimate of drug-likeness (QED) is 0.0487. The molecule has 0 aliphatic carbocycles. The minimum atomic E-state index is -0.870. The second-order valence-electron chi connectivity index (χ2n) is 9.53. The molecular weight excluding hydrogens is 653 g/mol. The van der Waals surface area contributed by atoms with E-state index in [-0.39, 0.29) is 77.3 Å². The first-order valence-corrected chi connectivity index (χ1v) is 17.4. The smallest absolute Gasteiger partial charge is 0.306 e. The third-order valence-electron chi connectivity index (χ3n) is 5.92. The van der Waals surface area contributed by atoms with E-state index in [2.05, 4.69) is 25.3 Å². The summed E-state index contributed by atoms with van der Waals surface area (Å²) in [6.45, 7) is 5.75. The Bertz CT molecular complexity index is 807. The first kappa shape index (κ1) is 43.3. The van der Waals surface area contributed by atoms with Crippen molar-refractivity contribution in [2.75, 3.05) is 95.7 Å². The van der Waals surface area contributed by atoms with Crippen molar-refractivity contribution in [2.45, 2.75) is 52.4 Å². The minimum absolute atomic E-state index is 0.0655. The minimum Gasteiger partial charge on any atom is -0.465 e. The molecule has 16 heteroatoms. The van der Waals surface area contributed by atoms with Gasteiger partial charge >= 0.3 is 29.8 Å². The number of carbonyl (C=O) groups excluding carboxylic acids is 5. The molecule has 0 aromatic carbocycles. The summed E-state index contributed by atoms with van der Waals surface area (Å²) in [5, 5.41) is 0. The average molecular weight is 703 g/mol. The highest BCUT2D eigenvalue weighted by atomic mass is 32.2. The van der Waals surface area contributed by atoms with Crippen LogP contribution in [0.3, 0.4) is 0 Å². The van der Waals surface area contributed by atoms with E-state index in [0.29, 0.717) is 68.9 Å². The van der Waals surface area contributed by atoms with Crippen LogP contribution in [0.2, 0.25) is 0 Å². The number of rotatable bonds is 30. The first-order valence-electron chi connectivity index (χ1n) is 15.0. The van der Waals surface area contributed by atoms with Crippen LogP contribution in [-0.2, 0) is 61.9 Å². The Morgan fingerprint density at radius 3 is 1.24 bits per heavy atom. The highest BCUT2D eigenvalue weighted by Gasteiger charge is 2.34. The molecule has 0 saturated heterocycles. The van der Waals surface area contributed by atoms with E-state index in [0.717, 1.165) is 0 Å². The molecule has 0 saturated carbocycles. The van der Waals surface area contributed by atoms with Crippen molar-refractivity contribution in [1.82, 2.24) is 0 Å². The molecule has 0 amide bonds. The summed E-state index contributed by atoms with van der Waals surface area (Å²) >= 11 is 9.46. The van der Waals surface area contributed by atoms with Crippen LogP contribution in [0.15, 0.2) is 0 Å². The predicted molar refractivity (Wildman–Crippen MR) is 174 cm³/mol. The lowest BCUT2D eigenvalue weighted by Gasteiger charge is -2.31. The molecule has 0 aliphatic heterocycles. The van der Waals surface area contributed by atoms with Crippen LogP contribution in [0, 0.1) is 5.41 Å². The molecule has 262 valence electrons. The van der Waals surface area contributed by atoms with Crippen molar-refractivity contribution in [2.24, 2.45) is 5.41 Å². The molecule has 0 aromatic rings. The van der Waals surface area contributed by atoms with Gasteiger partial charge in [-0.05, 0) is 6.42 Å². The van der Waals surface area contributed by atoms with Gasteiger partial charge in [-0.2, -0.15) is 37.0 Å². The molecule has 0 aromatic heterocycles. The lowest BCUT2D eigenvalue weighted by Crippen LogP contribution is -2.39. The summed E-state index contributed by atoms with van der Waals surface area (Å²) in [5.74, 6) is -0.347. The number of esters is 5. The van der Waals surface area contributed by atoms with Crippen LogP contribution in [0.1, 0.15) is 52.4 Å². The SMILES string of the molecule is CCC(=O)OCCOCCOCCOCCOC(=O)CCSCCC(=O)OCC(CC)(COC(=O)CCS)COC(=O)CCS. The lowest BCUT2D eigenvalue weighted by atomic mass is 9.88. The van der Waals surface area contributed by atoms with Crippen molar-refractivity contribution >= 4 is 66.9 Å². The van der Waals surface area contributed by atoms with Gasteiger partial charge < -0.3 is 37.9 Å². The number of ether oxygens (including phenoxy) is 8. The lowest BCUT2D eigenvalue weighted by molar-refractivity contribution is -0.162. The zero-order valence-electron chi connectivity index (χ0n) is 26.5. The Morgan fingerprint density at radius 2 is 0.867 bits per heavy atom. The first-order chi connectivity index (χ1) is 21.7. The van der Waals surface area contributed by atoms with E-state index >= 15 is 0 Å². The summed E-state index contributed by atoms with van der Waals surface area (Å²) in [4.78, 5) is 58.9. The van der Waals surface area contributed by atoms with Gasteiger partial charge in [0.1, 0.15) is 33.0 Å². The summed E-state index contributed by atoms with van der Waals surface area (Å²) < 4.78 is 42.1. The molecule has 0 aliphatic rings. The van der Waals surface area contributed by atoms with Crippen LogP contribution in [-0.4, -0.2) is 126 Å². The molecule has 0 N–H and O–H groups in total. The van der Waals surface area contributed by atoms with Gasteiger partial charge in [0, 0.05) is 29.4 Å². The molecule has 0 rings (SSSR count). The third kappa shape index (κ3) is 26.1. The second kappa shape index (κ2) is 29.7. The largest absolute Gasteiger partial charge is 0.465 e. The molecule has 0 atom stereocenters. The van der Waals surface area contributed by atoms with E-state index < -0.39 is 23.3 Å². The van der Waals surface area contributed by atoms with E-state index in [1.54, 1.807) is 6.92 Å². The molecule has 13 nitrogen and oxygen atoms in total. The normalized spacial score (nSPS) is 11.1. The topological polar surface area (TPSA) is 159 Å². The van der Waals surface area contributed by atoms with Crippen molar-refractivity contribution < 1.29 is 61.9 Å². The van der Waals surface area contributed by atoms with Gasteiger partial charge in [0.05, 0.1) is 70.7 Å². The maximum Gasteiger partial charge on any atom is 0.306 e. The van der Waals surface area contributed by atoms with Gasteiger partial charge in [0.25, 0.3) is 0 Å². The Morgan fingerprint density at radius 1 is 0.511 bits per heavy atom. The van der Waals surface area contributed by atoms with Gasteiger partial charge in [0.2, 0.25) is 0 Å². The Hall–Kier alpha value is -1.72. The summed E-state index contributed by atoms with van der Waals surface area (Å²) in [7, 11) is 0. The molecule has 0 bridgehead atoms. The summed E-state index contributed by atoms with van der Waals surface area (Å²) in [5.41, 5.74) is -0.870. The van der Waals surface area contributed by atoms with Crippen molar-refractivity contribution in [3.8, 4) is 0 Å². The fraction of sp³-hybridized carbons (Fsp3) is 0.828. The van der Waals surface area contributed by atoms with E-state index in [4.69, 9.17) is 37.9 Å². The number of thiol groups is 2. The van der Waals surface area contributed by atoms with Crippen molar-refractivity contribution in [3.05, 3.63) is 0 Å². The molecule has 0 heterocycles. The highest BCUT2D eigenvalue weighted by Crippen LogP contribution is 2.25. The zero-order chi connectivity index (χ0) is 33.6. The van der Waals surface area contributed by atoms with Gasteiger partial charge in [-0.1, -0.05) is 13.8 Å². The fourth-order valence-electron chi connectivity index (χ4n) is 3.09. The molecular formula is C29H50O13S3. The zero-order valence-corrected chi connectivity index (χ0v) is 29.1. The summed E-state index contributed by atoms with van der Waals surface area (Å²) in [6.07, 6.45) is 1.36. The van der Waals surface area contributed by atoms with E-state index in [9.17, 15) is 24.0 Å². The maximum absolute atomic E-state index is 12.3. The summed E-state index contributed by atoms with van der Waals surface area (Å²) in [6, 6.07) is 0. The predicted octanol–water partition coefficient (Wildman–Crippen LogP) is 2.71. The fourth-order valence-corrected chi connectivity index (χ4v) is 4.28. The monoisotopic (exact) mass is 702 g/mol. The Labute approximate surface area is 281 Å². The van der Waals surface area contributed by atoms with Gasteiger partial charge in [-0.25, -0.2) is 0 Å².